The Kier molecular flexibility index (Phi) is 4.14. The van der Waals surface area contributed by atoms with Crippen LogP contribution in [-0.4, -0.2) is 36.3 Å². The van der Waals surface area contributed by atoms with E-state index in [-0.39, 0.29) is 0 Å². The molecule has 1 aliphatic rings. The van der Waals surface area contributed by atoms with E-state index >= 15 is 0 Å². The molecule has 7 heteroatoms. The Morgan fingerprint density at radius 2 is 2.24 bits per heavy atom. The number of anilines is 2. The topological polar surface area (TPSA) is 76.3 Å². The quantitative estimate of drug-likeness (QED) is 0.644. The van der Waals surface area contributed by atoms with Crippen molar-refractivity contribution >= 4 is 27.7 Å². The van der Waals surface area contributed by atoms with Gasteiger partial charge in [-0.05, 0) is 28.8 Å². The smallest absolute Gasteiger partial charge is 0.239 e. The van der Waals surface area contributed by atoms with Crippen LogP contribution in [0.25, 0.3) is 0 Å². The van der Waals surface area contributed by atoms with Crippen molar-refractivity contribution < 1.29 is 4.74 Å². The van der Waals surface area contributed by atoms with Gasteiger partial charge in [0.15, 0.2) is 0 Å². The van der Waals surface area contributed by atoms with Gasteiger partial charge in [-0.2, -0.15) is 4.98 Å². The Labute approximate surface area is 109 Å². The third-order valence-corrected chi connectivity index (χ3v) is 3.49. The molecule has 1 aromatic heterocycles. The fourth-order valence-corrected chi connectivity index (χ4v) is 2.39. The first-order valence-corrected chi connectivity index (χ1v) is 6.31. The molecule has 1 fully saturated rings. The normalized spacial score (nSPS) is 16.9. The Morgan fingerprint density at radius 1 is 1.53 bits per heavy atom. The van der Waals surface area contributed by atoms with Crippen LogP contribution in [0.5, 0.6) is 0 Å². The number of hydrogen-bond donors (Lipinski definition) is 2. The summed E-state index contributed by atoms with van der Waals surface area (Å²) in [7, 11) is 2.03. The average molecular weight is 302 g/mol. The summed E-state index contributed by atoms with van der Waals surface area (Å²) in [5.41, 5.74) is 2.46. The minimum Gasteiger partial charge on any atom is -0.381 e. The van der Waals surface area contributed by atoms with Crippen molar-refractivity contribution in [3.05, 3.63) is 10.7 Å². The maximum absolute atomic E-state index is 5.36. The second-order valence-electron chi connectivity index (χ2n) is 3.96. The summed E-state index contributed by atoms with van der Waals surface area (Å²) in [5, 5.41) is 0. The van der Waals surface area contributed by atoms with E-state index in [4.69, 9.17) is 10.6 Å². The van der Waals surface area contributed by atoms with E-state index in [1.807, 2.05) is 7.05 Å². The summed E-state index contributed by atoms with van der Waals surface area (Å²) >= 11 is 3.46. The van der Waals surface area contributed by atoms with Crippen molar-refractivity contribution in [2.45, 2.75) is 18.9 Å². The molecule has 2 rings (SSSR count). The number of rotatable bonds is 3. The highest BCUT2D eigenvalue weighted by atomic mass is 79.9. The maximum Gasteiger partial charge on any atom is 0.239 e. The third-order valence-electron chi connectivity index (χ3n) is 2.93. The van der Waals surface area contributed by atoms with Gasteiger partial charge in [0.2, 0.25) is 5.95 Å². The van der Waals surface area contributed by atoms with Crippen molar-refractivity contribution in [2.24, 2.45) is 5.84 Å². The van der Waals surface area contributed by atoms with Gasteiger partial charge in [0.05, 0.1) is 4.47 Å². The molecule has 0 amide bonds. The van der Waals surface area contributed by atoms with Gasteiger partial charge in [0, 0.05) is 32.5 Å². The zero-order valence-corrected chi connectivity index (χ0v) is 11.3. The molecule has 0 unspecified atom stereocenters. The minimum absolute atomic E-state index is 0.419. The van der Waals surface area contributed by atoms with E-state index in [0.717, 1.165) is 36.3 Å². The van der Waals surface area contributed by atoms with E-state index < -0.39 is 0 Å². The summed E-state index contributed by atoms with van der Waals surface area (Å²) in [6.07, 6.45) is 3.73. The summed E-state index contributed by atoms with van der Waals surface area (Å²) in [6, 6.07) is 0.445. The van der Waals surface area contributed by atoms with Gasteiger partial charge in [-0.25, -0.2) is 10.8 Å². The third kappa shape index (κ3) is 2.85. The lowest BCUT2D eigenvalue weighted by Crippen LogP contribution is -2.37. The molecule has 0 aromatic carbocycles. The molecule has 17 heavy (non-hydrogen) atoms. The van der Waals surface area contributed by atoms with Crippen LogP contribution in [0.2, 0.25) is 0 Å². The second kappa shape index (κ2) is 5.61. The SMILES string of the molecule is CN(c1nc(NN)ncc1Br)C1CCOCC1. The van der Waals surface area contributed by atoms with Crippen LogP contribution in [0.15, 0.2) is 10.7 Å². The fraction of sp³-hybridized carbons (Fsp3) is 0.600. The number of hydrogen-bond acceptors (Lipinski definition) is 6. The number of hydrazine groups is 1. The molecule has 1 aromatic rings. The molecular formula is C10H16BrN5O. The predicted octanol–water partition coefficient (Wildman–Crippen LogP) is 1.14. The number of nitrogens with zero attached hydrogens (tertiary/aromatic N) is 3. The lowest BCUT2D eigenvalue weighted by atomic mass is 10.1. The molecule has 0 saturated carbocycles. The van der Waals surface area contributed by atoms with Crippen molar-refractivity contribution in [1.82, 2.24) is 9.97 Å². The molecule has 0 aliphatic carbocycles. The Balaban J connectivity index is 2.19. The van der Waals surface area contributed by atoms with E-state index in [0.29, 0.717) is 12.0 Å². The standard InChI is InChI=1S/C10H16BrN5O/c1-16(7-2-4-17-5-3-7)9-8(11)6-13-10(14-9)15-12/h6-7H,2-5,12H2,1H3,(H,13,14,15). The number of nitrogen functional groups attached to an aromatic ring is 1. The van der Waals surface area contributed by atoms with Crippen molar-refractivity contribution in [3.63, 3.8) is 0 Å². The average Bonchev–Trinajstić information content (AvgIpc) is 2.39. The predicted molar refractivity (Wildman–Crippen MR) is 69.8 cm³/mol. The Bertz CT molecular complexity index is 383. The van der Waals surface area contributed by atoms with Gasteiger partial charge in [0.25, 0.3) is 0 Å². The molecule has 1 aliphatic heterocycles. The summed E-state index contributed by atoms with van der Waals surface area (Å²) in [5.74, 6) is 6.58. The number of aromatic nitrogens is 2. The van der Waals surface area contributed by atoms with Gasteiger partial charge in [-0.1, -0.05) is 0 Å². The molecular weight excluding hydrogens is 286 g/mol. The van der Waals surface area contributed by atoms with Crippen LogP contribution in [0.3, 0.4) is 0 Å². The number of ether oxygens (including phenoxy) is 1. The highest BCUT2D eigenvalue weighted by Gasteiger charge is 2.21. The molecule has 0 bridgehead atoms. The van der Waals surface area contributed by atoms with Crippen LogP contribution in [0.4, 0.5) is 11.8 Å². The zero-order chi connectivity index (χ0) is 12.3. The Hall–Kier alpha value is -0.920. The van der Waals surface area contributed by atoms with E-state index in [1.54, 1.807) is 6.20 Å². The van der Waals surface area contributed by atoms with Crippen molar-refractivity contribution in [2.75, 3.05) is 30.6 Å². The van der Waals surface area contributed by atoms with Crippen LogP contribution >= 0.6 is 15.9 Å². The van der Waals surface area contributed by atoms with Crippen molar-refractivity contribution in [1.29, 1.82) is 0 Å². The van der Waals surface area contributed by atoms with Crippen molar-refractivity contribution in [3.8, 4) is 0 Å². The molecule has 1 saturated heterocycles. The van der Waals surface area contributed by atoms with Crippen LogP contribution in [-0.2, 0) is 4.74 Å². The summed E-state index contributed by atoms with van der Waals surface area (Å²) in [6.45, 7) is 1.61. The monoisotopic (exact) mass is 301 g/mol. The molecule has 2 heterocycles. The minimum atomic E-state index is 0.419. The Morgan fingerprint density at radius 3 is 2.88 bits per heavy atom. The number of nitrogens with one attached hydrogen (secondary N) is 1. The molecule has 94 valence electrons. The lowest BCUT2D eigenvalue weighted by molar-refractivity contribution is 0.0853. The van der Waals surface area contributed by atoms with E-state index in [9.17, 15) is 0 Å². The highest BCUT2D eigenvalue weighted by Crippen LogP contribution is 2.27. The molecule has 3 N–H and O–H groups in total. The van der Waals surface area contributed by atoms with E-state index in [1.165, 1.54) is 0 Å². The van der Waals surface area contributed by atoms with Gasteiger partial charge in [0.1, 0.15) is 5.82 Å². The lowest BCUT2D eigenvalue weighted by Gasteiger charge is -2.32. The summed E-state index contributed by atoms with van der Waals surface area (Å²) < 4.78 is 6.22. The molecule has 0 atom stereocenters. The first-order chi connectivity index (χ1) is 8.22. The summed E-state index contributed by atoms with van der Waals surface area (Å²) in [4.78, 5) is 10.5. The van der Waals surface area contributed by atoms with Crippen LogP contribution < -0.4 is 16.2 Å². The van der Waals surface area contributed by atoms with E-state index in [2.05, 4.69) is 36.2 Å². The second-order valence-corrected chi connectivity index (χ2v) is 4.82. The molecule has 6 nitrogen and oxygen atoms in total. The van der Waals surface area contributed by atoms with Crippen LogP contribution in [0, 0.1) is 0 Å². The fourth-order valence-electron chi connectivity index (χ4n) is 1.92. The zero-order valence-electron chi connectivity index (χ0n) is 9.69. The van der Waals surface area contributed by atoms with Gasteiger partial charge in [-0.15, -0.1) is 0 Å². The largest absolute Gasteiger partial charge is 0.381 e. The maximum atomic E-state index is 5.36. The van der Waals surface area contributed by atoms with Gasteiger partial charge < -0.3 is 9.64 Å². The number of nitrogens with two attached hydrogens (primary N) is 1. The molecule has 0 radical (unpaired) electrons. The van der Waals surface area contributed by atoms with Gasteiger partial charge in [-0.3, -0.25) is 5.43 Å². The number of halogens is 1. The molecule has 0 spiro atoms. The highest BCUT2D eigenvalue weighted by molar-refractivity contribution is 9.10. The van der Waals surface area contributed by atoms with Gasteiger partial charge >= 0.3 is 0 Å². The first kappa shape index (κ1) is 12.5. The van der Waals surface area contributed by atoms with Crippen LogP contribution in [0.1, 0.15) is 12.8 Å². The first-order valence-electron chi connectivity index (χ1n) is 5.52.